The Morgan fingerprint density at radius 2 is 2.10 bits per heavy atom. The minimum absolute atomic E-state index is 0.0634. The normalized spacial score (nSPS) is 16.9. The summed E-state index contributed by atoms with van der Waals surface area (Å²) in [6, 6.07) is 1.71. The molecule has 5 nitrogen and oxygen atoms in total. The summed E-state index contributed by atoms with van der Waals surface area (Å²) in [4.78, 5) is 23.2. The highest BCUT2D eigenvalue weighted by Gasteiger charge is 2.23. The van der Waals surface area contributed by atoms with Gasteiger partial charge < -0.3 is 15.7 Å². The highest BCUT2D eigenvalue weighted by molar-refractivity contribution is 7.08. The number of hydrogen-bond donors (Lipinski definition) is 3. The Kier molecular flexibility index (Phi) is 5.55. The minimum atomic E-state index is -0.478. The molecule has 1 fully saturated rings. The maximum absolute atomic E-state index is 11.6. The molecule has 2 amide bonds. The number of hydrogen-bond acceptors (Lipinski definition) is 4. The first-order chi connectivity index (χ1) is 9.66. The first kappa shape index (κ1) is 15.0. The molecule has 1 saturated carbocycles. The van der Waals surface area contributed by atoms with Crippen LogP contribution in [0, 0.1) is 5.92 Å². The average molecular weight is 296 g/mol. The topological polar surface area (TPSA) is 78.4 Å². The van der Waals surface area contributed by atoms with Crippen LogP contribution < -0.4 is 10.6 Å². The summed E-state index contributed by atoms with van der Waals surface area (Å²) in [6.07, 6.45) is 3.91. The Morgan fingerprint density at radius 1 is 1.35 bits per heavy atom. The number of nitrogens with one attached hydrogen (secondary N) is 2. The lowest BCUT2D eigenvalue weighted by Gasteiger charge is -2.18. The van der Waals surface area contributed by atoms with E-state index in [1.807, 2.05) is 5.38 Å². The third-order valence-electron chi connectivity index (χ3n) is 3.65. The molecule has 0 spiro atoms. The lowest BCUT2D eigenvalue weighted by atomic mass is 10.0. The molecule has 1 aliphatic rings. The van der Waals surface area contributed by atoms with E-state index in [4.69, 9.17) is 0 Å². The minimum Gasteiger partial charge on any atom is -0.391 e. The highest BCUT2D eigenvalue weighted by Crippen LogP contribution is 2.27. The van der Waals surface area contributed by atoms with Crippen LogP contribution >= 0.6 is 11.3 Å². The highest BCUT2D eigenvalue weighted by atomic mass is 32.1. The van der Waals surface area contributed by atoms with E-state index in [0.717, 1.165) is 25.7 Å². The molecule has 1 aromatic heterocycles. The maximum Gasteiger partial charge on any atom is 0.252 e. The number of carbonyl (C=O) groups excluding carboxylic acids is 2. The van der Waals surface area contributed by atoms with E-state index in [9.17, 15) is 14.7 Å². The summed E-state index contributed by atoms with van der Waals surface area (Å²) in [5.74, 6) is -0.223. The average Bonchev–Trinajstić information content (AvgIpc) is 3.14. The molecule has 1 aromatic rings. The van der Waals surface area contributed by atoms with Gasteiger partial charge in [-0.15, -0.1) is 0 Å². The molecular formula is C14H20N2O3S. The summed E-state index contributed by atoms with van der Waals surface area (Å²) in [5, 5.41) is 18.7. The van der Waals surface area contributed by atoms with Crippen LogP contribution in [0.3, 0.4) is 0 Å². The molecule has 1 atom stereocenters. The Hall–Kier alpha value is -1.40. The summed E-state index contributed by atoms with van der Waals surface area (Å²) in [6.45, 7) is 0.198. The fraction of sp³-hybridized carbons (Fsp3) is 0.571. The zero-order valence-electron chi connectivity index (χ0n) is 11.3. The Bertz CT molecular complexity index is 441. The molecular weight excluding hydrogens is 276 g/mol. The van der Waals surface area contributed by atoms with Crippen LogP contribution in [0.5, 0.6) is 0 Å². The zero-order valence-corrected chi connectivity index (χ0v) is 12.1. The molecule has 0 saturated heterocycles. The smallest absolute Gasteiger partial charge is 0.252 e. The molecule has 0 aliphatic heterocycles. The van der Waals surface area contributed by atoms with Gasteiger partial charge in [-0.05, 0) is 30.2 Å². The standard InChI is InChI=1S/C14H20N2O3S/c17-12(10-3-1-2-4-10)7-15-13(18)8-16-14(19)11-5-6-20-9-11/h5-6,9-10,12,17H,1-4,7-8H2,(H,15,18)(H,16,19). The van der Waals surface area contributed by atoms with E-state index in [-0.39, 0.29) is 24.9 Å². The zero-order chi connectivity index (χ0) is 14.4. The summed E-state index contributed by atoms with van der Waals surface area (Å²) in [7, 11) is 0. The van der Waals surface area contributed by atoms with Crippen LogP contribution in [0.2, 0.25) is 0 Å². The summed E-state index contributed by atoms with van der Waals surface area (Å²) >= 11 is 1.44. The molecule has 0 bridgehead atoms. The van der Waals surface area contributed by atoms with Crippen LogP contribution in [-0.4, -0.2) is 36.1 Å². The van der Waals surface area contributed by atoms with Crippen molar-refractivity contribution in [3.05, 3.63) is 22.4 Å². The van der Waals surface area contributed by atoms with Gasteiger partial charge in [-0.2, -0.15) is 11.3 Å². The Balaban J connectivity index is 1.64. The van der Waals surface area contributed by atoms with Crippen molar-refractivity contribution in [3.8, 4) is 0 Å². The van der Waals surface area contributed by atoms with E-state index >= 15 is 0 Å². The number of amides is 2. The first-order valence-corrected chi connectivity index (χ1v) is 7.86. The van der Waals surface area contributed by atoms with Crippen molar-refractivity contribution in [1.29, 1.82) is 0 Å². The Labute approximate surface area is 122 Å². The second-order valence-electron chi connectivity index (χ2n) is 5.11. The molecule has 1 heterocycles. The van der Waals surface area contributed by atoms with Crippen LogP contribution in [0.4, 0.5) is 0 Å². The van der Waals surface area contributed by atoms with Crippen LogP contribution in [0.15, 0.2) is 16.8 Å². The third kappa shape index (κ3) is 4.31. The van der Waals surface area contributed by atoms with Gasteiger partial charge in [0.1, 0.15) is 0 Å². The maximum atomic E-state index is 11.6. The quantitative estimate of drug-likeness (QED) is 0.737. The molecule has 1 aliphatic carbocycles. The van der Waals surface area contributed by atoms with Gasteiger partial charge in [-0.25, -0.2) is 0 Å². The van der Waals surface area contributed by atoms with Gasteiger partial charge in [0.15, 0.2) is 0 Å². The molecule has 0 aromatic carbocycles. The van der Waals surface area contributed by atoms with Crippen LogP contribution in [0.1, 0.15) is 36.0 Å². The fourth-order valence-electron chi connectivity index (χ4n) is 2.45. The van der Waals surface area contributed by atoms with Gasteiger partial charge in [-0.3, -0.25) is 9.59 Å². The number of aliphatic hydroxyl groups is 1. The molecule has 3 N–H and O–H groups in total. The van der Waals surface area contributed by atoms with Crippen molar-refractivity contribution in [2.45, 2.75) is 31.8 Å². The van der Waals surface area contributed by atoms with Gasteiger partial charge >= 0.3 is 0 Å². The SMILES string of the molecule is O=C(CNC(=O)c1ccsc1)NCC(O)C1CCCC1. The van der Waals surface area contributed by atoms with E-state index < -0.39 is 6.10 Å². The van der Waals surface area contributed by atoms with Gasteiger partial charge in [-0.1, -0.05) is 12.8 Å². The number of aliphatic hydroxyl groups excluding tert-OH is 1. The van der Waals surface area contributed by atoms with Crippen molar-refractivity contribution >= 4 is 23.2 Å². The molecule has 2 rings (SSSR count). The largest absolute Gasteiger partial charge is 0.391 e. The number of thiophene rings is 1. The van der Waals surface area contributed by atoms with Gasteiger partial charge in [0.2, 0.25) is 5.91 Å². The van der Waals surface area contributed by atoms with Gasteiger partial charge in [0.25, 0.3) is 5.91 Å². The van der Waals surface area contributed by atoms with Crippen molar-refractivity contribution in [2.75, 3.05) is 13.1 Å². The predicted octanol–water partition coefficient (Wildman–Crippen LogP) is 1.15. The summed E-state index contributed by atoms with van der Waals surface area (Å²) in [5.41, 5.74) is 0.564. The lowest BCUT2D eigenvalue weighted by Crippen LogP contribution is -2.41. The van der Waals surface area contributed by atoms with Gasteiger partial charge in [0, 0.05) is 17.5 Å². The predicted molar refractivity (Wildman–Crippen MR) is 77.6 cm³/mol. The van der Waals surface area contributed by atoms with Crippen molar-refractivity contribution in [3.63, 3.8) is 0 Å². The fourth-order valence-corrected chi connectivity index (χ4v) is 3.08. The second kappa shape index (κ2) is 7.40. The lowest BCUT2D eigenvalue weighted by molar-refractivity contribution is -0.120. The Morgan fingerprint density at radius 3 is 2.75 bits per heavy atom. The first-order valence-electron chi connectivity index (χ1n) is 6.92. The molecule has 6 heteroatoms. The van der Waals surface area contributed by atoms with Crippen molar-refractivity contribution in [1.82, 2.24) is 10.6 Å². The van der Waals surface area contributed by atoms with Gasteiger partial charge in [0.05, 0.1) is 12.6 Å². The monoisotopic (exact) mass is 296 g/mol. The number of rotatable bonds is 6. The van der Waals surface area contributed by atoms with E-state index in [1.165, 1.54) is 11.3 Å². The van der Waals surface area contributed by atoms with Crippen LogP contribution in [0.25, 0.3) is 0 Å². The molecule has 20 heavy (non-hydrogen) atoms. The van der Waals surface area contributed by atoms with Crippen molar-refractivity contribution < 1.29 is 14.7 Å². The van der Waals surface area contributed by atoms with E-state index in [1.54, 1.807) is 11.4 Å². The molecule has 1 unspecified atom stereocenters. The number of carbonyl (C=O) groups is 2. The molecule has 0 radical (unpaired) electrons. The summed E-state index contributed by atoms with van der Waals surface area (Å²) < 4.78 is 0. The van der Waals surface area contributed by atoms with Crippen LogP contribution in [-0.2, 0) is 4.79 Å². The third-order valence-corrected chi connectivity index (χ3v) is 4.33. The van der Waals surface area contributed by atoms with E-state index in [2.05, 4.69) is 10.6 Å². The molecule has 110 valence electrons. The van der Waals surface area contributed by atoms with Crippen molar-refractivity contribution in [2.24, 2.45) is 5.92 Å². The van der Waals surface area contributed by atoms with E-state index in [0.29, 0.717) is 11.5 Å². The second-order valence-corrected chi connectivity index (χ2v) is 5.89.